The highest BCUT2D eigenvalue weighted by Gasteiger charge is 2.23. The number of carbonyl (C=O) groups excluding carboxylic acids is 2. The van der Waals surface area contributed by atoms with Crippen LogP contribution in [0, 0.1) is 0 Å². The molecule has 0 bridgehead atoms. The number of nitrogens with one attached hydrogen (secondary N) is 1. The zero-order valence-corrected chi connectivity index (χ0v) is 19.9. The highest BCUT2D eigenvalue weighted by atomic mass is 32.2. The SMILES string of the molecule is COc1ccc(CC(=O)N2CCN(c3nnc(SCC(=O)Nc4ccccc4)s3)CC2)cc1. The molecule has 4 rings (SSSR count). The molecule has 10 heteroatoms. The van der Waals surface area contributed by atoms with Gasteiger partial charge >= 0.3 is 0 Å². The summed E-state index contributed by atoms with van der Waals surface area (Å²) in [5, 5.41) is 12.2. The Hall–Kier alpha value is -3.11. The molecule has 8 nitrogen and oxygen atoms in total. The fourth-order valence-electron chi connectivity index (χ4n) is 3.41. The van der Waals surface area contributed by atoms with Crippen LogP contribution in [0.4, 0.5) is 10.8 Å². The monoisotopic (exact) mass is 483 g/mol. The predicted octanol–water partition coefficient (Wildman–Crippen LogP) is 3.17. The van der Waals surface area contributed by atoms with Gasteiger partial charge in [0.1, 0.15) is 5.75 Å². The van der Waals surface area contributed by atoms with Gasteiger partial charge in [0.25, 0.3) is 0 Å². The first-order valence-electron chi connectivity index (χ1n) is 10.6. The summed E-state index contributed by atoms with van der Waals surface area (Å²) in [5.41, 5.74) is 1.76. The lowest BCUT2D eigenvalue weighted by Gasteiger charge is -2.34. The van der Waals surface area contributed by atoms with Crippen molar-refractivity contribution >= 4 is 45.7 Å². The average molecular weight is 484 g/mol. The van der Waals surface area contributed by atoms with E-state index in [1.807, 2.05) is 59.5 Å². The van der Waals surface area contributed by atoms with Crippen molar-refractivity contribution in [2.45, 2.75) is 10.8 Å². The van der Waals surface area contributed by atoms with Crippen LogP contribution in [0.1, 0.15) is 5.56 Å². The van der Waals surface area contributed by atoms with E-state index in [0.29, 0.717) is 32.6 Å². The Morgan fingerprint density at radius 2 is 1.76 bits per heavy atom. The van der Waals surface area contributed by atoms with Crippen LogP contribution >= 0.6 is 23.1 Å². The molecule has 0 unspecified atom stereocenters. The van der Waals surface area contributed by atoms with Crippen LogP contribution in [-0.2, 0) is 16.0 Å². The second kappa shape index (κ2) is 11.2. The van der Waals surface area contributed by atoms with Gasteiger partial charge in [-0.2, -0.15) is 0 Å². The number of benzene rings is 2. The summed E-state index contributed by atoms with van der Waals surface area (Å²) in [6.07, 6.45) is 0.384. The Kier molecular flexibility index (Phi) is 7.79. The van der Waals surface area contributed by atoms with Crippen molar-refractivity contribution in [2.24, 2.45) is 0 Å². The highest BCUT2D eigenvalue weighted by molar-refractivity contribution is 8.01. The number of hydrogen-bond donors (Lipinski definition) is 1. The number of ether oxygens (including phenoxy) is 1. The first-order chi connectivity index (χ1) is 16.1. The number of carbonyl (C=O) groups is 2. The number of anilines is 2. The van der Waals surface area contributed by atoms with Crippen LogP contribution in [0.3, 0.4) is 0 Å². The lowest BCUT2D eigenvalue weighted by atomic mass is 10.1. The van der Waals surface area contributed by atoms with Crippen LogP contribution in [-0.4, -0.2) is 66.0 Å². The smallest absolute Gasteiger partial charge is 0.234 e. The van der Waals surface area contributed by atoms with Gasteiger partial charge in [-0.05, 0) is 29.8 Å². The Bertz CT molecular complexity index is 1070. The number of aromatic nitrogens is 2. The van der Waals surface area contributed by atoms with E-state index in [4.69, 9.17) is 4.74 Å². The molecule has 1 aromatic heterocycles. The van der Waals surface area contributed by atoms with Crippen LogP contribution in [0.5, 0.6) is 5.75 Å². The van der Waals surface area contributed by atoms with E-state index in [9.17, 15) is 9.59 Å². The van der Waals surface area contributed by atoms with Gasteiger partial charge in [0.15, 0.2) is 4.34 Å². The largest absolute Gasteiger partial charge is 0.497 e. The normalized spacial score (nSPS) is 13.6. The standard InChI is InChI=1S/C23H25N5O3S2/c1-31-19-9-7-17(8-10-19)15-21(30)27-11-13-28(14-12-27)22-25-26-23(33-22)32-16-20(29)24-18-5-3-2-4-6-18/h2-10H,11-16H2,1H3,(H,24,29). The van der Waals surface area contributed by atoms with Crippen molar-refractivity contribution in [1.82, 2.24) is 15.1 Å². The molecule has 1 aliphatic rings. The summed E-state index contributed by atoms with van der Waals surface area (Å²) >= 11 is 2.85. The van der Waals surface area contributed by atoms with Gasteiger partial charge in [0, 0.05) is 31.9 Å². The summed E-state index contributed by atoms with van der Waals surface area (Å²) in [4.78, 5) is 28.8. The Balaban J connectivity index is 1.22. The van der Waals surface area contributed by atoms with E-state index in [1.54, 1.807) is 7.11 Å². The summed E-state index contributed by atoms with van der Waals surface area (Å²) in [6, 6.07) is 17.0. The van der Waals surface area contributed by atoms with Gasteiger partial charge in [-0.15, -0.1) is 10.2 Å². The van der Waals surface area contributed by atoms with Crippen LogP contribution in [0.2, 0.25) is 0 Å². The average Bonchev–Trinajstić information content (AvgIpc) is 3.33. The molecule has 1 N–H and O–H groups in total. The number of nitrogens with zero attached hydrogens (tertiary/aromatic N) is 4. The fourth-order valence-corrected chi connectivity index (χ4v) is 5.10. The number of amides is 2. The second-order valence-electron chi connectivity index (χ2n) is 7.45. The maximum atomic E-state index is 12.7. The number of para-hydroxylation sites is 1. The van der Waals surface area contributed by atoms with Gasteiger partial charge in [-0.3, -0.25) is 9.59 Å². The minimum absolute atomic E-state index is 0.0769. The molecule has 172 valence electrons. The molecule has 2 heterocycles. The molecule has 0 spiro atoms. The number of methoxy groups -OCH3 is 1. The fraction of sp³-hybridized carbons (Fsp3) is 0.304. The molecule has 2 amide bonds. The van der Waals surface area contributed by atoms with Gasteiger partial charge in [-0.25, -0.2) is 0 Å². The van der Waals surface area contributed by atoms with Gasteiger partial charge in [0.05, 0.1) is 19.3 Å². The van der Waals surface area contributed by atoms with Crippen molar-refractivity contribution in [3.8, 4) is 5.75 Å². The molecule has 1 saturated heterocycles. The molecular formula is C23H25N5O3S2. The number of hydrogen-bond acceptors (Lipinski definition) is 8. The summed E-state index contributed by atoms with van der Waals surface area (Å²) < 4.78 is 5.92. The molecular weight excluding hydrogens is 458 g/mol. The molecule has 0 aliphatic carbocycles. The molecule has 0 radical (unpaired) electrons. The van der Waals surface area contributed by atoms with Crippen LogP contribution in [0.15, 0.2) is 58.9 Å². The van der Waals surface area contributed by atoms with Crippen molar-refractivity contribution in [2.75, 3.05) is 49.3 Å². The molecule has 1 aliphatic heterocycles. The minimum atomic E-state index is -0.0769. The first kappa shape index (κ1) is 23.1. The molecule has 1 fully saturated rings. The van der Waals surface area contributed by atoms with Crippen molar-refractivity contribution in [1.29, 1.82) is 0 Å². The van der Waals surface area contributed by atoms with E-state index in [-0.39, 0.29) is 17.6 Å². The molecule has 0 saturated carbocycles. The molecule has 2 aromatic carbocycles. The minimum Gasteiger partial charge on any atom is -0.497 e. The van der Waals surface area contributed by atoms with Gasteiger partial charge < -0.3 is 19.9 Å². The van der Waals surface area contributed by atoms with Crippen LogP contribution < -0.4 is 15.0 Å². The maximum Gasteiger partial charge on any atom is 0.234 e. The van der Waals surface area contributed by atoms with E-state index in [2.05, 4.69) is 20.4 Å². The van der Waals surface area contributed by atoms with E-state index < -0.39 is 0 Å². The van der Waals surface area contributed by atoms with E-state index >= 15 is 0 Å². The molecule has 0 atom stereocenters. The highest BCUT2D eigenvalue weighted by Crippen LogP contribution is 2.28. The lowest BCUT2D eigenvalue weighted by Crippen LogP contribution is -2.49. The Morgan fingerprint density at radius 3 is 2.45 bits per heavy atom. The summed E-state index contributed by atoms with van der Waals surface area (Å²) in [5.74, 6) is 1.10. The summed E-state index contributed by atoms with van der Waals surface area (Å²) in [6.45, 7) is 2.72. The van der Waals surface area contributed by atoms with Crippen LogP contribution in [0.25, 0.3) is 0 Å². The third kappa shape index (κ3) is 6.45. The third-order valence-corrected chi connectivity index (χ3v) is 7.31. The number of rotatable bonds is 8. The first-order valence-corrected chi connectivity index (χ1v) is 12.4. The van der Waals surface area contributed by atoms with Crippen molar-refractivity contribution in [3.63, 3.8) is 0 Å². The molecule has 33 heavy (non-hydrogen) atoms. The predicted molar refractivity (Wildman–Crippen MR) is 131 cm³/mol. The van der Waals surface area contributed by atoms with Gasteiger partial charge in [0.2, 0.25) is 16.9 Å². The topological polar surface area (TPSA) is 87.7 Å². The van der Waals surface area contributed by atoms with E-state index in [0.717, 1.165) is 26.5 Å². The second-order valence-corrected chi connectivity index (χ2v) is 9.62. The lowest BCUT2D eigenvalue weighted by molar-refractivity contribution is -0.130. The third-order valence-electron chi connectivity index (χ3n) is 5.20. The zero-order chi connectivity index (χ0) is 23.0. The number of thioether (sulfide) groups is 1. The number of piperazine rings is 1. The maximum absolute atomic E-state index is 12.7. The Labute approximate surface area is 201 Å². The van der Waals surface area contributed by atoms with E-state index in [1.165, 1.54) is 23.1 Å². The van der Waals surface area contributed by atoms with Crippen molar-refractivity contribution in [3.05, 3.63) is 60.2 Å². The zero-order valence-electron chi connectivity index (χ0n) is 18.3. The quantitative estimate of drug-likeness (QED) is 0.493. The van der Waals surface area contributed by atoms with Gasteiger partial charge in [-0.1, -0.05) is 53.4 Å². The summed E-state index contributed by atoms with van der Waals surface area (Å²) in [7, 11) is 1.63. The van der Waals surface area contributed by atoms with Crippen molar-refractivity contribution < 1.29 is 14.3 Å². The Morgan fingerprint density at radius 1 is 1.03 bits per heavy atom. The molecule has 3 aromatic rings.